The Balaban J connectivity index is 1.87. The topological polar surface area (TPSA) is 58.1 Å². The molecule has 0 unspecified atom stereocenters. The lowest BCUT2D eigenvalue weighted by Gasteiger charge is -2.18. The quantitative estimate of drug-likeness (QED) is 0.927. The summed E-state index contributed by atoms with van der Waals surface area (Å²) < 4.78 is 0. The number of nitrogens with one attached hydrogen (secondary N) is 1. The normalized spacial score (nSPS) is 14.2. The van der Waals surface area contributed by atoms with Gasteiger partial charge in [0, 0.05) is 24.8 Å². The van der Waals surface area contributed by atoms with Crippen LogP contribution in [0.15, 0.2) is 30.6 Å². The Labute approximate surface area is 143 Å². The van der Waals surface area contributed by atoms with Crippen LogP contribution in [0.4, 0.5) is 11.5 Å². The summed E-state index contributed by atoms with van der Waals surface area (Å²) in [5, 5.41) is 3.39. The molecule has 0 bridgehead atoms. The van der Waals surface area contributed by atoms with E-state index >= 15 is 0 Å². The molecule has 5 heteroatoms. The highest BCUT2D eigenvalue weighted by atomic mass is 16.2. The smallest absolute Gasteiger partial charge is 0.272 e. The van der Waals surface area contributed by atoms with E-state index in [9.17, 15) is 4.79 Å². The minimum absolute atomic E-state index is 0.00758. The molecule has 1 aliphatic rings. The van der Waals surface area contributed by atoms with Crippen LogP contribution in [-0.4, -0.2) is 33.9 Å². The summed E-state index contributed by atoms with van der Waals surface area (Å²) in [4.78, 5) is 22.8. The fourth-order valence-electron chi connectivity index (χ4n) is 3.10. The number of rotatable bonds is 4. The lowest BCUT2D eigenvalue weighted by molar-refractivity contribution is 0.0787. The van der Waals surface area contributed by atoms with Gasteiger partial charge in [0.15, 0.2) is 0 Å². The van der Waals surface area contributed by atoms with Gasteiger partial charge in [0.25, 0.3) is 5.91 Å². The minimum Gasteiger partial charge on any atom is -0.340 e. The molecule has 1 N–H and O–H groups in total. The van der Waals surface area contributed by atoms with Crippen molar-refractivity contribution in [1.82, 2.24) is 14.9 Å². The predicted octanol–water partition coefficient (Wildman–Crippen LogP) is 3.89. The van der Waals surface area contributed by atoms with Gasteiger partial charge in [-0.05, 0) is 36.8 Å². The third kappa shape index (κ3) is 3.40. The van der Waals surface area contributed by atoms with Gasteiger partial charge in [0.2, 0.25) is 0 Å². The van der Waals surface area contributed by atoms with E-state index in [-0.39, 0.29) is 5.91 Å². The first kappa shape index (κ1) is 16.4. The molecule has 1 aliphatic heterocycles. The molecular weight excluding hydrogens is 300 g/mol. The number of carbonyl (C=O) groups is 1. The van der Waals surface area contributed by atoms with Crippen molar-refractivity contribution in [3.05, 3.63) is 47.4 Å². The maximum Gasteiger partial charge on any atom is 0.272 e. The molecule has 5 nitrogen and oxygen atoms in total. The van der Waals surface area contributed by atoms with E-state index < -0.39 is 0 Å². The van der Waals surface area contributed by atoms with Gasteiger partial charge in [-0.25, -0.2) is 9.97 Å². The summed E-state index contributed by atoms with van der Waals surface area (Å²) in [6, 6.07) is 8.01. The van der Waals surface area contributed by atoms with Crippen LogP contribution in [0, 0.1) is 6.92 Å². The van der Waals surface area contributed by atoms with Crippen molar-refractivity contribution in [2.75, 3.05) is 18.4 Å². The van der Waals surface area contributed by atoms with E-state index in [0.717, 1.165) is 37.2 Å². The van der Waals surface area contributed by atoms with E-state index in [1.807, 2.05) is 4.90 Å². The van der Waals surface area contributed by atoms with Gasteiger partial charge in [0.1, 0.15) is 17.8 Å². The predicted molar refractivity (Wildman–Crippen MR) is 95.7 cm³/mol. The number of aryl methyl sites for hydroxylation is 1. The van der Waals surface area contributed by atoms with Gasteiger partial charge in [-0.2, -0.15) is 0 Å². The van der Waals surface area contributed by atoms with E-state index in [0.29, 0.717) is 17.4 Å². The zero-order valence-corrected chi connectivity index (χ0v) is 14.5. The third-order valence-corrected chi connectivity index (χ3v) is 4.46. The summed E-state index contributed by atoms with van der Waals surface area (Å²) >= 11 is 0. The number of amides is 1. The monoisotopic (exact) mass is 324 g/mol. The summed E-state index contributed by atoms with van der Waals surface area (Å²) in [6.45, 7) is 8.05. The van der Waals surface area contributed by atoms with E-state index in [1.165, 1.54) is 11.9 Å². The van der Waals surface area contributed by atoms with Crippen molar-refractivity contribution in [2.45, 2.75) is 39.5 Å². The maximum absolute atomic E-state index is 12.5. The maximum atomic E-state index is 12.5. The molecule has 1 fully saturated rings. The molecule has 126 valence electrons. The van der Waals surface area contributed by atoms with Crippen LogP contribution in [0.5, 0.6) is 0 Å². The molecule has 1 aromatic heterocycles. The number of nitrogens with zero attached hydrogens (tertiary/aromatic N) is 3. The fraction of sp³-hybridized carbons (Fsp3) is 0.421. The molecule has 0 atom stereocenters. The second-order valence-electron chi connectivity index (χ2n) is 6.61. The second-order valence-corrected chi connectivity index (χ2v) is 6.61. The van der Waals surface area contributed by atoms with Crippen LogP contribution in [0.3, 0.4) is 0 Å². The average Bonchev–Trinajstić information content (AvgIpc) is 3.10. The Kier molecular flexibility index (Phi) is 4.79. The number of anilines is 2. The number of aromatic nitrogens is 2. The van der Waals surface area contributed by atoms with E-state index in [2.05, 4.69) is 54.3 Å². The zero-order chi connectivity index (χ0) is 17.1. The molecule has 1 aromatic carbocycles. The molecule has 0 aliphatic carbocycles. The zero-order valence-electron chi connectivity index (χ0n) is 14.5. The number of benzene rings is 1. The lowest BCUT2D eigenvalue weighted by Crippen LogP contribution is -2.28. The molecule has 24 heavy (non-hydrogen) atoms. The SMILES string of the molecule is Cc1cccc(C(C)C)c1Nc1cc(C(=O)N2CCCC2)ncn1. The van der Waals surface area contributed by atoms with Gasteiger partial charge in [0.05, 0.1) is 0 Å². The molecule has 2 heterocycles. The molecular formula is C19H24N4O. The van der Waals surface area contributed by atoms with Crippen molar-refractivity contribution >= 4 is 17.4 Å². The number of carbonyl (C=O) groups excluding carboxylic acids is 1. The summed E-state index contributed by atoms with van der Waals surface area (Å²) in [6.07, 6.45) is 3.60. The number of hydrogen-bond donors (Lipinski definition) is 1. The van der Waals surface area contributed by atoms with Gasteiger partial charge in [-0.3, -0.25) is 4.79 Å². The van der Waals surface area contributed by atoms with Crippen LogP contribution in [0.2, 0.25) is 0 Å². The first-order chi connectivity index (χ1) is 11.6. The number of para-hydroxylation sites is 1. The van der Waals surface area contributed by atoms with Crippen LogP contribution < -0.4 is 5.32 Å². The molecule has 0 radical (unpaired) electrons. The molecule has 3 rings (SSSR count). The average molecular weight is 324 g/mol. The Hall–Kier alpha value is -2.43. The number of likely N-dealkylation sites (tertiary alicyclic amines) is 1. The first-order valence-corrected chi connectivity index (χ1v) is 8.54. The minimum atomic E-state index is -0.00758. The highest BCUT2D eigenvalue weighted by Crippen LogP contribution is 2.29. The largest absolute Gasteiger partial charge is 0.340 e. The number of hydrogen-bond acceptors (Lipinski definition) is 4. The molecule has 1 amide bonds. The standard InChI is InChI=1S/C19H24N4O/c1-13(2)15-8-6-7-14(3)18(15)22-17-11-16(20-12-21-17)19(24)23-9-4-5-10-23/h6-8,11-13H,4-5,9-10H2,1-3H3,(H,20,21,22). The van der Waals surface area contributed by atoms with Crippen molar-refractivity contribution in [1.29, 1.82) is 0 Å². The Morgan fingerprint density at radius 3 is 2.67 bits per heavy atom. The van der Waals surface area contributed by atoms with Gasteiger partial charge in [-0.1, -0.05) is 32.0 Å². The van der Waals surface area contributed by atoms with E-state index in [4.69, 9.17) is 0 Å². The van der Waals surface area contributed by atoms with Gasteiger partial charge >= 0.3 is 0 Å². The van der Waals surface area contributed by atoms with Crippen LogP contribution in [0.1, 0.15) is 54.2 Å². The second kappa shape index (κ2) is 6.99. The third-order valence-electron chi connectivity index (χ3n) is 4.46. The lowest BCUT2D eigenvalue weighted by atomic mass is 9.98. The van der Waals surface area contributed by atoms with Crippen LogP contribution in [-0.2, 0) is 0 Å². The van der Waals surface area contributed by atoms with Crippen LogP contribution >= 0.6 is 0 Å². The Bertz CT molecular complexity index is 736. The molecule has 0 saturated carbocycles. The molecule has 2 aromatic rings. The van der Waals surface area contributed by atoms with E-state index in [1.54, 1.807) is 6.07 Å². The highest BCUT2D eigenvalue weighted by Gasteiger charge is 2.21. The fourth-order valence-corrected chi connectivity index (χ4v) is 3.10. The molecule has 1 saturated heterocycles. The van der Waals surface area contributed by atoms with Crippen molar-refractivity contribution in [2.24, 2.45) is 0 Å². The first-order valence-electron chi connectivity index (χ1n) is 8.54. The Morgan fingerprint density at radius 1 is 1.21 bits per heavy atom. The van der Waals surface area contributed by atoms with Gasteiger partial charge in [-0.15, -0.1) is 0 Å². The van der Waals surface area contributed by atoms with Gasteiger partial charge < -0.3 is 10.2 Å². The van der Waals surface area contributed by atoms with Crippen LogP contribution in [0.25, 0.3) is 0 Å². The van der Waals surface area contributed by atoms with Crippen molar-refractivity contribution in [3.63, 3.8) is 0 Å². The summed E-state index contributed by atoms with van der Waals surface area (Å²) in [5.41, 5.74) is 3.91. The highest BCUT2D eigenvalue weighted by molar-refractivity contribution is 5.93. The Morgan fingerprint density at radius 2 is 1.96 bits per heavy atom. The summed E-state index contributed by atoms with van der Waals surface area (Å²) in [5.74, 6) is 1.05. The summed E-state index contributed by atoms with van der Waals surface area (Å²) in [7, 11) is 0. The van der Waals surface area contributed by atoms with Crippen molar-refractivity contribution < 1.29 is 4.79 Å². The molecule has 0 spiro atoms. The van der Waals surface area contributed by atoms with Crippen molar-refractivity contribution in [3.8, 4) is 0 Å².